The third-order valence-electron chi connectivity index (χ3n) is 2.69. The van der Waals surface area contributed by atoms with Crippen molar-refractivity contribution in [1.29, 1.82) is 0 Å². The van der Waals surface area contributed by atoms with Gasteiger partial charge in [-0.2, -0.15) is 0 Å². The molecule has 0 aliphatic heterocycles. The number of aliphatic hydroxyl groups is 1. The van der Waals surface area contributed by atoms with Gasteiger partial charge in [-0.15, -0.1) is 0 Å². The third kappa shape index (κ3) is 17.8. The molecule has 25 heavy (non-hydrogen) atoms. The normalized spacial score (nSPS) is 15.1. The fourth-order valence-corrected chi connectivity index (χ4v) is 20.6. The van der Waals surface area contributed by atoms with Crippen LogP contribution in [0, 0.1) is 0 Å². The van der Waals surface area contributed by atoms with Gasteiger partial charge >= 0.3 is 17.1 Å². The summed E-state index contributed by atoms with van der Waals surface area (Å²) >= 11 is 0. The maximum atomic E-state index is 8.77. The van der Waals surface area contributed by atoms with Crippen LogP contribution in [0.4, 0.5) is 0 Å². The first-order valence-electron chi connectivity index (χ1n) is 8.47. The van der Waals surface area contributed by atoms with Crippen LogP contribution >= 0.6 is 0 Å². The summed E-state index contributed by atoms with van der Waals surface area (Å²) in [6, 6.07) is 0.897. The molecule has 0 aromatic heterocycles. The van der Waals surface area contributed by atoms with Gasteiger partial charge in [0.05, 0.1) is 13.2 Å². The largest absolute Gasteiger partial charge is 0.437 e. The molecule has 0 spiro atoms. The molecule has 0 aromatic rings. The predicted molar refractivity (Wildman–Crippen MR) is 120 cm³/mol. The molecule has 1 unspecified atom stereocenters. The van der Waals surface area contributed by atoms with Crippen molar-refractivity contribution in [3.05, 3.63) is 0 Å². The zero-order valence-corrected chi connectivity index (χ0v) is 20.6. The van der Waals surface area contributed by atoms with E-state index in [-0.39, 0.29) is 21.5 Å². The van der Waals surface area contributed by atoms with Crippen molar-refractivity contribution >= 4 is 33.8 Å². The molecule has 0 heterocycles. The lowest BCUT2D eigenvalue weighted by atomic mass is 10.5. The van der Waals surface area contributed by atoms with Gasteiger partial charge in [-0.3, -0.25) is 0 Å². The van der Waals surface area contributed by atoms with Gasteiger partial charge in [-0.1, -0.05) is 14.9 Å². The molecule has 1 atom stereocenters. The van der Waals surface area contributed by atoms with Gasteiger partial charge in [0.1, 0.15) is 0 Å². The van der Waals surface area contributed by atoms with E-state index in [9.17, 15) is 0 Å². The maximum absolute atomic E-state index is 8.77. The average Bonchev–Trinajstić information content (AvgIpc) is 2.20. The smallest absolute Gasteiger partial charge is 0.315 e. The van der Waals surface area contributed by atoms with Gasteiger partial charge in [-0.25, -0.2) is 0 Å². The van der Waals surface area contributed by atoms with E-state index in [0.29, 0.717) is 13.2 Å². The lowest BCUT2D eigenvalue weighted by Crippen LogP contribution is -2.56. The Hall–Kier alpha value is 0.668. The van der Waals surface area contributed by atoms with Crippen LogP contribution < -0.4 is 0 Å². The standard InChI is InChI=1S/C14H38O5Si4.2CH4/c1-20(2,3)17-22(7,8)19-23(9,18-21(4,5)6)14-10-12-16-13-11-15;;/h15H,10-14H2,1-9H3;2*1H4. The second-order valence-corrected chi connectivity index (χ2v) is 25.0. The number of hydrogen-bond acceptors (Lipinski definition) is 5. The molecule has 9 heteroatoms. The summed E-state index contributed by atoms with van der Waals surface area (Å²) in [5.41, 5.74) is 0. The van der Waals surface area contributed by atoms with E-state index < -0.39 is 33.8 Å². The number of rotatable bonds is 12. The Kier molecular flexibility index (Phi) is 14.8. The quantitative estimate of drug-likeness (QED) is 0.342. The van der Waals surface area contributed by atoms with Gasteiger partial charge in [-0.05, 0) is 71.4 Å². The van der Waals surface area contributed by atoms with Crippen LogP contribution in [0.1, 0.15) is 21.3 Å². The van der Waals surface area contributed by atoms with Gasteiger partial charge in [0.15, 0.2) is 16.6 Å². The molecule has 0 bridgehead atoms. The molecule has 0 fully saturated rings. The number of aliphatic hydroxyl groups excluding tert-OH is 1. The Morgan fingerprint density at radius 3 is 1.56 bits per heavy atom. The summed E-state index contributed by atoms with van der Waals surface area (Å²) in [5.74, 6) is 0. The SMILES string of the molecule is C.C.C[Si](C)(C)O[Si](C)(C)O[Si](C)(CCCOCCO)O[Si](C)(C)C. The second kappa shape index (κ2) is 12.2. The molecule has 0 aliphatic rings. The van der Waals surface area contributed by atoms with Crippen LogP contribution in [0.15, 0.2) is 0 Å². The highest BCUT2D eigenvalue weighted by Crippen LogP contribution is 2.27. The summed E-state index contributed by atoms with van der Waals surface area (Å²) in [6.45, 7) is 20.8. The van der Waals surface area contributed by atoms with Crippen molar-refractivity contribution in [3.8, 4) is 0 Å². The van der Waals surface area contributed by atoms with Gasteiger partial charge in [0.2, 0.25) is 0 Å². The minimum Gasteiger partial charge on any atom is -0.437 e. The van der Waals surface area contributed by atoms with Gasteiger partial charge < -0.3 is 22.2 Å². The van der Waals surface area contributed by atoms with Crippen molar-refractivity contribution in [2.24, 2.45) is 0 Å². The Labute approximate surface area is 162 Å². The van der Waals surface area contributed by atoms with Crippen molar-refractivity contribution in [2.45, 2.75) is 86.2 Å². The zero-order valence-electron chi connectivity index (χ0n) is 16.6. The molecule has 0 aliphatic carbocycles. The molecule has 0 rings (SSSR count). The Bertz CT molecular complexity index is 342. The van der Waals surface area contributed by atoms with Crippen molar-refractivity contribution in [2.75, 3.05) is 19.8 Å². The molecule has 5 nitrogen and oxygen atoms in total. The molecular weight excluding hydrogens is 385 g/mol. The highest BCUT2D eigenvalue weighted by molar-refractivity contribution is 6.89. The van der Waals surface area contributed by atoms with E-state index in [0.717, 1.165) is 12.5 Å². The molecule has 0 radical (unpaired) electrons. The summed E-state index contributed by atoms with van der Waals surface area (Å²) in [5, 5.41) is 8.77. The summed E-state index contributed by atoms with van der Waals surface area (Å²) < 4.78 is 24.8. The predicted octanol–water partition coefficient (Wildman–Crippen LogP) is 5.15. The van der Waals surface area contributed by atoms with Crippen LogP contribution in [-0.2, 0) is 17.1 Å². The van der Waals surface area contributed by atoms with Crippen LogP contribution in [0.3, 0.4) is 0 Å². The highest BCUT2D eigenvalue weighted by atomic mass is 28.5. The molecule has 0 amide bonds. The second-order valence-electron chi connectivity index (χ2n) is 8.50. The van der Waals surface area contributed by atoms with Crippen LogP contribution in [-0.4, -0.2) is 58.7 Å². The molecule has 0 aromatic carbocycles. The van der Waals surface area contributed by atoms with E-state index in [1.807, 2.05) is 0 Å². The van der Waals surface area contributed by atoms with Crippen molar-refractivity contribution in [1.82, 2.24) is 0 Å². The fraction of sp³-hybridized carbons (Fsp3) is 1.00. The Balaban J connectivity index is -0.00000242. The first kappa shape index (κ1) is 30.4. The minimum atomic E-state index is -2.30. The number of hydrogen-bond donors (Lipinski definition) is 1. The Morgan fingerprint density at radius 2 is 1.16 bits per heavy atom. The lowest BCUT2D eigenvalue weighted by molar-refractivity contribution is 0.0918. The molecular formula is C16H46O5Si4. The summed E-state index contributed by atoms with van der Waals surface area (Å²) in [4.78, 5) is 0. The van der Waals surface area contributed by atoms with Gasteiger partial charge in [0.25, 0.3) is 0 Å². The van der Waals surface area contributed by atoms with E-state index in [2.05, 4.69) is 58.9 Å². The summed E-state index contributed by atoms with van der Waals surface area (Å²) in [7, 11) is -7.84. The molecule has 156 valence electrons. The van der Waals surface area contributed by atoms with E-state index in [4.69, 9.17) is 22.2 Å². The third-order valence-corrected chi connectivity index (χ3v) is 16.2. The van der Waals surface area contributed by atoms with Crippen LogP contribution in [0.2, 0.25) is 65.0 Å². The fourth-order valence-electron chi connectivity index (χ4n) is 2.71. The monoisotopic (exact) mass is 430 g/mol. The topological polar surface area (TPSA) is 57.2 Å². The molecule has 0 saturated carbocycles. The van der Waals surface area contributed by atoms with Crippen LogP contribution in [0.5, 0.6) is 0 Å². The first-order valence-corrected chi connectivity index (χ1v) is 20.6. The highest BCUT2D eigenvalue weighted by Gasteiger charge is 2.44. The summed E-state index contributed by atoms with van der Waals surface area (Å²) in [6.07, 6.45) is 0.893. The molecule has 0 saturated heterocycles. The van der Waals surface area contributed by atoms with Crippen molar-refractivity contribution in [3.63, 3.8) is 0 Å². The van der Waals surface area contributed by atoms with E-state index in [1.54, 1.807) is 0 Å². The van der Waals surface area contributed by atoms with E-state index in [1.165, 1.54) is 0 Å². The maximum Gasteiger partial charge on any atom is 0.315 e. The average molecular weight is 431 g/mol. The zero-order chi connectivity index (χ0) is 18.4. The van der Waals surface area contributed by atoms with Crippen LogP contribution in [0.25, 0.3) is 0 Å². The first-order chi connectivity index (χ1) is 10.2. The number of ether oxygens (including phenoxy) is 1. The van der Waals surface area contributed by atoms with Crippen molar-refractivity contribution < 1.29 is 22.2 Å². The van der Waals surface area contributed by atoms with Gasteiger partial charge in [0, 0.05) is 6.61 Å². The van der Waals surface area contributed by atoms with E-state index >= 15 is 0 Å². The minimum absolute atomic E-state index is 0. The Morgan fingerprint density at radius 1 is 0.680 bits per heavy atom. The lowest BCUT2D eigenvalue weighted by Gasteiger charge is -2.41. The molecule has 1 N–H and O–H groups in total.